The predicted molar refractivity (Wildman–Crippen MR) is 55.0 cm³/mol. The molecule has 11 heavy (non-hydrogen) atoms. The summed E-state index contributed by atoms with van der Waals surface area (Å²) < 4.78 is 0. The fourth-order valence-electron chi connectivity index (χ4n) is 0.709. The molecular formula is C9H17NS. The van der Waals surface area contributed by atoms with E-state index in [9.17, 15) is 0 Å². The summed E-state index contributed by atoms with van der Waals surface area (Å²) in [5, 5.41) is 3.23. The van der Waals surface area contributed by atoms with Crippen molar-refractivity contribution >= 4 is 12.6 Å². The summed E-state index contributed by atoms with van der Waals surface area (Å²) >= 11 is 4.11. The molecule has 0 saturated heterocycles. The lowest BCUT2D eigenvalue weighted by molar-refractivity contribution is 0.736. The molecule has 0 heterocycles. The first-order valence-corrected chi connectivity index (χ1v) is 4.58. The summed E-state index contributed by atoms with van der Waals surface area (Å²) in [5.41, 5.74) is 1.10. The molecule has 0 aliphatic rings. The standard InChI is InChI=1S/C9H17NS/c1-3-4-6-9(2)10-7-5-8-11/h3,10-11H,1-2,4-8H2. The van der Waals surface area contributed by atoms with Gasteiger partial charge in [-0.25, -0.2) is 0 Å². The highest BCUT2D eigenvalue weighted by Crippen LogP contribution is 1.98. The predicted octanol–water partition coefficient (Wildman–Crippen LogP) is 2.38. The fraction of sp³-hybridized carbons (Fsp3) is 0.556. The van der Waals surface area contributed by atoms with Crippen LogP contribution in [-0.4, -0.2) is 12.3 Å². The molecule has 0 radical (unpaired) electrons. The Balaban J connectivity index is 3.15. The Morgan fingerprint density at radius 1 is 1.55 bits per heavy atom. The van der Waals surface area contributed by atoms with Gasteiger partial charge in [0.15, 0.2) is 0 Å². The van der Waals surface area contributed by atoms with Crippen LogP contribution in [-0.2, 0) is 0 Å². The van der Waals surface area contributed by atoms with Crippen molar-refractivity contribution in [3.63, 3.8) is 0 Å². The molecule has 0 rings (SSSR count). The van der Waals surface area contributed by atoms with Crippen molar-refractivity contribution in [3.8, 4) is 0 Å². The van der Waals surface area contributed by atoms with E-state index in [1.807, 2.05) is 6.08 Å². The Hall–Kier alpha value is -0.370. The van der Waals surface area contributed by atoms with Gasteiger partial charge in [-0.05, 0) is 25.0 Å². The molecule has 0 aliphatic carbocycles. The summed E-state index contributed by atoms with van der Waals surface area (Å²) in [6.07, 6.45) is 5.00. The third-order valence-electron chi connectivity index (χ3n) is 1.36. The molecular weight excluding hydrogens is 154 g/mol. The molecule has 0 amide bonds. The van der Waals surface area contributed by atoms with Crippen LogP contribution < -0.4 is 5.32 Å². The second-order valence-corrected chi connectivity index (χ2v) is 2.88. The summed E-state index contributed by atoms with van der Waals surface area (Å²) in [6.45, 7) is 8.51. The van der Waals surface area contributed by atoms with Crippen LogP contribution in [0.2, 0.25) is 0 Å². The SMILES string of the molecule is C=CCCC(=C)NCCCS. The fourth-order valence-corrected chi connectivity index (χ4v) is 0.867. The molecule has 0 saturated carbocycles. The molecule has 0 unspecified atom stereocenters. The lowest BCUT2D eigenvalue weighted by atomic mass is 10.2. The van der Waals surface area contributed by atoms with Crippen molar-refractivity contribution in [3.05, 3.63) is 24.9 Å². The quantitative estimate of drug-likeness (QED) is 0.340. The maximum Gasteiger partial charge on any atom is 0.0151 e. The Morgan fingerprint density at radius 2 is 2.27 bits per heavy atom. The van der Waals surface area contributed by atoms with E-state index in [1.165, 1.54) is 0 Å². The molecule has 0 atom stereocenters. The Bertz CT molecular complexity index is 121. The normalized spacial score (nSPS) is 9.18. The zero-order valence-corrected chi connectivity index (χ0v) is 7.87. The summed E-state index contributed by atoms with van der Waals surface area (Å²) in [6, 6.07) is 0. The van der Waals surface area contributed by atoms with Crippen LogP contribution in [0.25, 0.3) is 0 Å². The average Bonchev–Trinajstić information content (AvgIpc) is 2.01. The van der Waals surface area contributed by atoms with Crippen LogP contribution in [0.3, 0.4) is 0 Å². The summed E-state index contributed by atoms with van der Waals surface area (Å²) in [5.74, 6) is 0.932. The van der Waals surface area contributed by atoms with Crippen LogP contribution in [0.4, 0.5) is 0 Å². The molecule has 0 aromatic heterocycles. The van der Waals surface area contributed by atoms with E-state index in [4.69, 9.17) is 0 Å². The largest absolute Gasteiger partial charge is 0.389 e. The summed E-state index contributed by atoms with van der Waals surface area (Å²) in [4.78, 5) is 0. The maximum absolute atomic E-state index is 4.11. The van der Waals surface area contributed by atoms with Crippen LogP contribution in [0.1, 0.15) is 19.3 Å². The second kappa shape index (κ2) is 7.73. The minimum Gasteiger partial charge on any atom is -0.389 e. The summed E-state index contributed by atoms with van der Waals surface area (Å²) in [7, 11) is 0. The Kier molecular flexibility index (Phi) is 7.47. The van der Waals surface area contributed by atoms with Gasteiger partial charge in [0, 0.05) is 12.2 Å². The third kappa shape index (κ3) is 7.53. The molecule has 0 aromatic rings. The first-order chi connectivity index (χ1) is 5.31. The van der Waals surface area contributed by atoms with Gasteiger partial charge in [-0.2, -0.15) is 12.6 Å². The van der Waals surface area contributed by atoms with Gasteiger partial charge in [0.2, 0.25) is 0 Å². The van der Waals surface area contributed by atoms with Crippen molar-refractivity contribution in [2.45, 2.75) is 19.3 Å². The number of hydrogen-bond acceptors (Lipinski definition) is 2. The van der Waals surface area contributed by atoms with Crippen LogP contribution in [0.15, 0.2) is 24.9 Å². The van der Waals surface area contributed by atoms with Crippen LogP contribution >= 0.6 is 12.6 Å². The number of thiol groups is 1. The highest BCUT2D eigenvalue weighted by Gasteiger charge is 1.89. The maximum atomic E-state index is 4.11. The zero-order chi connectivity index (χ0) is 8.53. The highest BCUT2D eigenvalue weighted by atomic mass is 32.1. The van der Waals surface area contributed by atoms with E-state index < -0.39 is 0 Å². The van der Waals surface area contributed by atoms with E-state index in [2.05, 4.69) is 31.1 Å². The number of allylic oxidation sites excluding steroid dienone is 2. The molecule has 0 aromatic carbocycles. The molecule has 0 fully saturated rings. The monoisotopic (exact) mass is 171 g/mol. The van der Waals surface area contributed by atoms with E-state index in [1.54, 1.807) is 0 Å². The van der Waals surface area contributed by atoms with Gasteiger partial charge in [0.05, 0.1) is 0 Å². The van der Waals surface area contributed by atoms with Crippen molar-refractivity contribution in [1.82, 2.24) is 5.32 Å². The lowest BCUT2D eigenvalue weighted by Crippen LogP contribution is -2.13. The van der Waals surface area contributed by atoms with Crippen molar-refractivity contribution < 1.29 is 0 Å². The Labute approximate surface area is 75.0 Å². The lowest BCUT2D eigenvalue weighted by Gasteiger charge is -2.06. The molecule has 0 aliphatic heterocycles. The van der Waals surface area contributed by atoms with E-state index >= 15 is 0 Å². The van der Waals surface area contributed by atoms with Crippen LogP contribution in [0.5, 0.6) is 0 Å². The number of nitrogens with one attached hydrogen (secondary N) is 1. The minimum absolute atomic E-state index is 0.932. The molecule has 64 valence electrons. The molecule has 0 bridgehead atoms. The topological polar surface area (TPSA) is 12.0 Å². The molecule has 1 N–H and O–H groups in total. The highest BCUT2D eigenvalue weighted by molar-refractivity contribution is 7.80. The zero-order valence-electron chi connectivity index (χ0n) is 6.97. The number of hydrogen-bond donors (Lipinski definition) is 2. The van der Waals surface area contributed by atoms with E-state index in [0.717, 1.165) is 37.3 Å². The van der Waals surface area contributed by atoms with Gasteiger partial charge < -0.3 is 5.32 Å². The van der Waals surface area contributed by atoms with E-state index in [-0.39, 0.29) is 0 Å². The van der Waals surface area contributed by atoms with E-state index in [0.29, 0.717) is 0 Å². The van der Waals surface area contributed by atoms with Gasteiger partial charge >= 0.3 is 0 Å². The minimum atomic E-state index is 0.932. The van der Waals surface area contributed by atoms with Gasteiger partial charge in [-0.15, -0.1) is 6.58 Å². The average molecular weight is 171 g/mol. The molecule has 0 spiro atoms. The third-order valence-corrected chi connectivity index (χ3v) is 1.68. The second-order valence-electron chi connectivity index (χ2n) is 2.43. The molecule has 1 nitrogen and oxygen atoms in total. The smallest absolute Gasteiger partial charge is 0.0151 e. The first kappa shape index (κ1) is 10.6. The van der Waals surface area contributed by atoms with Gasteiger partial charge in [0.25, 0.3) is 0 Å². The Morgan fingerprint density at radius 3 is 2.82 bits per heavy atom. The molecule has 2 heteroatoms. The van der Waals surface area contributed by atoms with Crippen molar-refractivity contribution in [1.29, 1.82) is 0 Å². The first-order valence-electron chi connectivity index (χ1n) is 3.94. The van der Waals surface area contributed by atoms with Crippen molar-refractivity contribution in [2.75, 3.05) is 12.3 Å². The van der Waals surface area contributed by atoms with Gasteiger partial charge in [-0.3, -0.25) is 0 Å². The van der Waals surface area contributed by atoms with Crippen molar-refractivity contribution in [2.24, 2.45) is 0 Å². The van der Waals surface area contributed by atoms with Crippen LogP contribution in [0, 0.1) is 0 Å². The van der Waals surface area contributed by atoms with Gasteiger partial charge in [0.1, 0.15) is 0 Å². The van der Waals surface area contributed by atoms with Gasteiger partial charge in [-0.1, -0.05) is 12.7 Å². The number of rotatable bonds is 7.